The summed E-state index contributed by atoms with van der Waals surface area (Å²) in [6.07, 6.45) is 2.30. The summed E-state index contributed by atoms with van der Waals surface area (Å²) in [4.78, 5) is 2.57. The van der Waals surface area contributed by atoms with E-state index in [9.17, 15) is 5.11 Å². The zero-order valence-electron chi connectivity index (χ0n) is 14.5. The minimum atomic E-state index is 0.122. The first-order valence-electron chi connectivity index (χ1n) is 8.39. The van der Waals surface area contributed by atoms with Crippen LogP contribution in [0.4, 0.5) is 0 Å². The quantitative estimate of drug-likeness (QED) is 0.929. The van der Waals surface area contributed by atoms with Gasteiger partial charge in [-0.25, -0.2) is 0 Å². The van der Waals surface area contributed by atoms with Gasteiger partial charge in [0.2, 0.25) is 0 Å². The van der Waals surface area contributed by atoms with Crippen molar-refractivity contribution in [3.8, 4) is 5.75 Å². The maximum absolute atomic E-state index is 10.4. The Bertz CT molecular complexity index is 569. The van der Waals surface area contributed by atoms with Gasteiger partial charge in [-0.1, -0.05) is 32.9 Å². The fraction of sp³-hybridized carbons (Fsp3) is 0.684. The molecule has 1 aliphatic carbocycles. The van der Waals surface area contributed by atoms with Gasteiger partial charge in [-0.3, -0.25) is 4.90 Å². The lowest BCUT2D eigenvalue weighted by molar-refractivity contribution is -0.0572. The van der Waals surface area contributed by atoms with E-state index in [1.165, 1.54) is 5.56 Å². The first-order chi connectivity index (χ1) is 10.3. The second kappa shape index (κ2) is 5.24. The van der Waals surface area contributed by atoms with E-state index in [1.807, 2.05) is 12.1 Å². The smallest absolute Gasteiger partial charge is 0.119 e. The van der Waals surface area contributed by atoms with E-state index < -0.39 is 0 Å². The third-order valence-corrected chi connectivity index (χ3v) is 6.63. The highest BCUT2D eigenvalue weighted by molar-refractivity contribution is 5.48. The second-order valence-corrected chi connectivity index (χ2v) is 7.87. The summed E-state index contributed by atoms with van der Waals surface area (Å²) in [5.74, 6) is 0.464. The Morgan fingerprint density at radius 2 is 2.09 bits per heavy atom. The molecule has 0 aromatic heterocycles. The standard InChI is InChI=1S/C19H29NO2/c1-13(22-5)12-20-10-9-19(4)15-7-6-8-16(21)14(15)11-17(20)18(19,2)3/h6-8,13,17,21H,9-12H2,1-5H3/t13-,17+,19+/m1/s1. The molecule has 3 heteroatoms. The number of nitrogens with zero attached hydrogens (tertiary/aromatic N) is 1. The van der Waals surface area contributed by atoms with Crippen LogP contribution in [0.3, 0.4) is 0 Å². The van der Waals surface area contributed by atoms with Crippen LogP contribution < -0.4 is 0 Å². The number of likely N-dealkylation sites (tertiary alicyclic amines) is 1. The maximum atomic E-state index is 10.4. The molecule has 1 fully saturated rings. The Morgan fingerprint density at radius 1 is 1.36 bits per heavy atom. The number of hydrogen-bond donors (Lipinski definition) is 1. The van der Waals surface area contributed by atoms with E-state index in [1.54, 1.807) is 7.11 Å². The number of aromatic hydroxyl groups is 1. The molecular formula is C19H29NO2. The summed E-state index contributed by atoms with van der Waals surface area (Å²) in [5.41, 5.74) is 2.81. The number of benzene rings is 1. The minimum absolute atomic E-state index is 0.122. The fourth-order valence-corrected chi connectivity index (χ4v) is 4.66. The molecule has 0 saturated carbocycles. The van der Waals surface area contributed by atoms with Crippen LogP contribution in [0.25, 0.3) is 0 Å². The Labute approximate surface area is 134 Å². The normalized spacial score (nSPS) is 31.6. The summed E-state index contributed by atoms with van der Waals surface area (Å²) in [6.45, 7) is 11.4. The molecule has 0 spiro atoms. The highest BCUT2D eigenvalue weighted by atomic mass is 16.5. The van der Waals surface area contributed by atoms with Gasteiger partial charge in [0.1, 0.15) is 5.75 Å². The number of phenolic OH excluding ortho intramolecular Hbond substituents is 1. The van der Waals surface area contributed by atoms with Crippen LogP contribution in [0.2, 0.25) is 0 Å². The molecule has 22 heavy (non-hydrogen) atoms. The molecule has 122 valence electrons. The molecule has 0 amide bonds. The van der Waals surface area contributed by atoms with Crippen LogP contribution in [0.15, 0.2) is 18.2 Å². The maximum Gasteiger partial charge on any atom is 0.119 e. The topological polar surface area (TPSA) is 32.7 Å². The van der Waals surface area contributed by atoms with Gasteiger partial charge in [-0.15, -0.1) is 0 Å². The molecule has 3 rings (SSSR count). The molecule has 1 aromatic rings. The number of methoxy groups -OCH3 is 1. The molecule has 0 radical (unpaired) electrons. The van der Waals surface area contributed by atoms with Gasteiger partial charge < -0.3 is 9.84 Å². The molecule has 3 atom stereocenters. The number of hydrogen-bond acceptors (Lipinski definition) is 3. The summed E-state index contributed by atoms with van der Waals surface area (Å²) in [7, 11) is 1.78. The predicted molar refractivity (Wildman–Crippen MR) is 89.4 cm³/mol. The van der Waals surface area contributed by atoms with Crippen LogP contribution in [-0.2, 0) is 16.6 Å². The second-order valence-electron chi connectivity index (χ2n) is 7.87. The lowest BCUT2D eigenvalue weighted by Crippen LogP contribution is -2.64. The molecule has 2 bridgehead atoms. The molecule has 1 heterocycles. The summed E-state index contributed by atoms with van der Waals surface area (Å²) in [6, 6.07) is 6.50. The monoisotopic (exact) mass is 303 g/mol. The van der Waals surface area contributed by atoms with E-state index in [0.717, 1.165) is 31.5 Å². The van der Waals surface area contributed by atoms with Gasteiger partial charge in [0, 0.05) is 25.1 Å². The number of rotatable bonds is 3. The van der Waals surface area contributed by atoms with Gasteiger partial charge in [0.25, 0.3) is 0 Å². The van der Waals surface area contributed by atoms with E-state index in [0.29, 0.717) is 11.8 Å². The highest BCUT2D eigenvalue weighted by Crippen LogP contribution is 2.57. The zero-order valence-corrected chi connectivity index (χ0v) is 14.5. The van der Waals surface area contributed by atoms with Crippen molar-refractivity contribution in [3.63, 3.8) is 0 Å². The number of fused-ring (bicyclic) bond motifs is 4. The average molecular weight is 303 g/mol. The van der Waals surface area contributed by atoms with Gasteiger partial charge >= 0.3 is 0 Å². The zero-order chi connectivity index (χ0) is 16.1. The molecule has 3 nitrogen and oxygen atoms in total. The minimum Gasteiger partial charge on any atom is -0.508 e. The summed E-state index contributed by atoms with van der Waals surface area (Å²) < 4.78 is 5.49. The van der Waals surface area contributed by atoms with Gasteiger partial charge in [-0.2, -0.15) is 0 Å². The van der Waals surface area contributed by atoms with Crippen LogP contribution in [0.1, 0.15) is 45.2 Å². The van der Waals surface area contributed by atoms with Crippen molar-refractivity contribution < 1.29 is 9.84 Å². The first kappa shape index (κ1) is 15.8. The largest absolute Gasteiger partial charge is 0.508 e. The van der Waals surface area contributed by atoms with Gasteiger partial charge in [-0.05, 0) is 48.9 Å². The van der Waals surface area contributed by atoms with Gasteiger partial charge in [0.05, 0.1) is 6.10 Å². The van der Waals surface area contributed by atoms with Crippen molar-refractivity contribution in [1.29, 1.82) is 0 Å². The van der Waals surface area contributed by atoms with Crippen molar-refractivity contribution in [2.45, 2.75) is 58.1 Å². The molecule has 2 aliphatic rings. The lowest BCUT2D eigenvalue weighted by Gasteiger charge is -2.61. The van der Waals surface area contributed by atoms with Crippen molar-refractivity contribution in [3.05, 3.63) is 29.3 Å². The molecule has 1 saturated heterocycles. The first-order valence-corrected chi connectivity index (χ1v) is 8.39. The Balaban J connectivity index is 2.04. The van der Waals surface area contributed by atoms with Crippen LogP contribution >= 0.6 is 0 Å². The fourth-order valence-electron chi connectivity index (χ4n) is 4.66. The van der Waals surface area contributed by atoms with Crippen molar-refractivity contribution in [2.75, 3.05) is 20.2 Å². The predicted octanol–water partition coefficient (Wildman–Crippen LogP) is 3.34. The van der Waals surface area contributed by atoms with Crippen LogP contribution in [0.5, 0.6) is 5.75 Å². The van der Waals surface area contributed by atoms with E-state index in [-0.39, 0.29) is 16.9 Å². The SMILES string of the molecule is CO[C@H](C)CN1CC[C@@]2(C)c3cccc(O)c3C[C@H]1C2(C)C. The third kappa shape index (κ3) is 2.10. The van der Waals surface area contributed by atoms with E-state index in [4.69, 9.17) is 4.74 Å². The summed E-state index contributed by atoms with van der Waals surface area (Å²) >= 11 is 0. The van der Waals surface area contributed by atoms with Crippen molar-refractivity contribution in [1.82, 2.24) is 4.90 Å². The van der Waals surface area contributed by atoms with E-state index >= 15 is 0 Å². The van der Waals surface area contributed by atoms with Crippen molar-refractivity contribution >= 4 is 0 Å². The molecule has 0 unspecified atom stereocenters. The van der Waals surface area contributed by atoms with E-state index in [2.05, 4.69) is 38.7 Å². The molecule has 1 aromatic carbocycles. The molecule has 1 N–H and O–H groups in total. The van der Waals surface area contributed by atoms with Crippen molar-refractivity contribution in [2.24, 2.45) is 5.41 Å². The molecule has 1 aliphatic heterocycles. The Kier molecular flexibility index (Phi) is 3.77. The number of ether oxygens (including phenoxy) is 1. The highest BCUT2D eigenvalue weighted by Gasteiger charge is 2.56. The van der Waals surface area contributed by atoms with Crippen LogP contribution in [-0.4, -0.2) is 42.4 Å². The number of piperidine rings is 1. The van der Waals surface area contributed by atoms with Gasteiger partial charge in [0.15, 0.2) is 0 Å². The average Bonchev–Trinajstić information content (AvgIpc) is 2.46. The molecular weight excluding hydrogens is 274 g/mol. The van der Waals surface area contributed by atoms with Crippen LogP contribution in [0, 0.1) is 5.41 Å². The Hall–Kier alpha value is -1.06. The lowest BCUT2D eigenvalue weighted by atomic mass is 9.51. The Morgan fingerprint density at radius 3 is 2.77 bits per heavy atom. The third-order valence-electron chi connectivity index (χ3n) is 6.63. The number of phenols is 1. The summed E-state index contributed by atoms with van der Waals surface area (Å²) in [5, 5.41) is 10.4.